The summed E-state index contributed by atoms with van der Waals surface area (Å²) in [5.74, 6) is -0.258. The second-order valence-corrected chi connectivity index (χ2v) is 4.27. The summed E-state index contributed by atoms with van der Waals surface area (Å²) in [4.78, 5) is 0. The van der Waals surface area contributed by atoms with Crippen LogP contribution in [-0.4, -0.2) is 32.3 Å². The lowest BCUT2D eigenvalue weighted by atomic mass is 10.0. The van der Waals surface area contributed by atoms with E-state index in [1.165, 1.54) is 18.3 Å². The van der Waals surface area contributed by atoms with Crippen LogP contribution in [0.1, 0.15) is 11.7 Å². The van der Waals surface area contributed by atoms with Gasteiger partial charge in [-0.2, -0.15) is 17.7 Å². The molecule has 2 atom stereocenters. The van der Waals surface area contributed by atoms with E-state index < -0.39 is 12.2 Å². The normalized spacial score (nSPS) is 14.4. The highest BCUT2D eigenvalue weighted by Crippen LogP contribution is 2.28. The maximum atomic E-state index is 13.2. The van der Waals surface area contributed by atoms with E-state index >= 15 is 0 Å². The monoisotopic (exact) mass is 268 g/mol. The summed E-state index contributed by atoms with van der Waals surface area (Å²) in [6.07, 6.45) is -0.699. The van der Waals surface area contributed by atoms with Gasteiger partial charge in [-0.3, -0.25) is 5.10 Å². The van der Waals surface area contributed by atoms with Gasteiger partial charge >= 0.3 is 0 Å². The Hall–Kier alpha value is -1.37. The summed E-state index contributed by atoms with van der Waals surface area (Å²) in [5, 5.41) is 26.0. The van der Waals surface area contributed by atoms with Crippen LogP contribution in [0.3, 0.4) is 0 Å². The molecule has 0 fully saturated rings. The molecule has 0 spiro atoms. The molecule has 6 heteroatoms. The molecule has 0 aliphatic carbocycles. The molecule has 1 heterocycles. The van der Waals surface area contributed by atoms with Crippen molar-refractivity contribution < 1.29 is 14.6 Å². The zero-order chi connectivity index (χ0) is 13.1. The van der Waals surface area contributed by atoms with Crippen LogP contribution < -0.4 is 0 Å². The minimum absolute atomic E-state index is 0.120. The Morgan fingerprint density at radius 2 is 2.17 bits per heavy atom. The van der Waals surface area contributed by atoms with Crippen molar-refractivity contribution in [2.45, 2.75) is 12.2 Å². The molecule has 1 aromatic carbocycles. The zero-order valence-corrected chi connectivity index (χ0v) is 10.3. The van der Waals surface area contributed by atoms with Crippen LogP contribution in [0.2, 0.25) is 0 Å². The van der Waals surface area contributed by atoms with Crippen molar-refractivity contribution in [1.29, 1.82) is 0 Å². The van der Waals surface area contributed by atoms with Crippen molar-refractivity contribution in [3.63, 3.8) is 0 Å². The number of aromatic nitrogens is 2. The average molecular weight is 268 g/mol. The quantitative estimate of drug-likeness (QED) is 0.636. The molecule has 1 aromatic heterocycles. The van der Waals surface area contributed by atoms with E-state index in [1.807, 2.05) is 0 Å². The number of nitrogens with one attached hydrogen (secondary N) is 1. The Kier molecular flexibility index (Phi) is 4.00. The van der Waals surface area contributed by atoms with Crippen molar-refractivity contribution in [2.75, 3.05) is 5.75 Å². The van der Waals surface area contributed by atoms with Gasteiger partial charge in [-0.1, -0.05) is 12.1 Å². The fourth-order valence-electron chi connectivity index (χ4n) is 1.70. The van der Waals surface area contributed by atoms with Gasteiger partial charge in [0.05, 0.1) is 18.0 Å². The number of benzene rings is 1. The summed E-state index contributed by atoms with van der Waals surface area (Å²) >= 11 is 3.92. The standard InChI is InChI=1S/C12H13FN2O2S/c13-8-3-1-2-7(4-8)11-9(5-14-15-11)12(17)10(16)6-18/h1-5,10,12,16-18H,6H2,(H,14,15). The van der Waals surface area contributed by atoms with Gasteiger partial charge in [0.2, 0.25) is 0 Å². The molecule has 2 aromatic rings. The number of hydrogen-bond donors (Lipinski definition) is 4. The predicted octanol–water partition coefficient (Wildman–Crippen LogP) is 1.54. The number of H-pyrrole nitrogens is 1. The molecule has 0 saturated carbocycles. The second-order valence-electron chi connectivity index (χ2n) is 3.91. The van der Waals surface area contributed by atoms with E-state index in [4.69, 9.17) is 0 Å². The molecule has 2 unspecified atom stereocenters. The van der Waals surface area contributed by atoms with Crippen LogP contribution in [0, 0.1) is 5.82 Å². The molecule has 0 saturated heterocycles. The largest absolute Gasteiger partial charge is 0.389 e. The summed E-state index contributed by atoms with van der Waals surface area (Å²) < 4.78 is 13.2. The molecular weight excluding hydrogens is 255 g/mol. The lowest BCUT2D eigenvalue weighted by Gasteiger charge is -2.15. The minimum Gasteiger partial charge on any atom is -0.389 e. The Balaban J connectivity index is 2.39. The van der Waals surface area contributed by atoms with Crippen molar-refractivity contribution in [2.24, 2.45) is 0 Å². The van der Waals surface area contributed by atoms with Crippen LogP contribution in [0.15, 0.2) is 30.5 Å². The molecule has 4 nitrogen and oxygen atoms in total. The van der Waals surface area contributed by atoms with Crippen LogP contribution in [-0.2, 0) is 0 Å². The predicted molar refractivity (Wildman–Crippen MR) is 68.8 cm³/mol. The van der Waals surface area contributed by atoms with E-state index in [0.29, 0.717) is 16.8 Å². The van der Waals surface area contributed by atoms with Gasteiger partial charge in [-0.25, -0.2) is 4.39 Å². The van der Waals surface area contributed by atoms with Crippen molar-refractivity contribution in [3.05, 3.63) is 41.8 Å². The third-order valence-corrected chi connectivity index (χ3v) is 3.03. The fraction of sp³-hybridized carbons (Fsp3) is 0.250. The van der Waals surface area contributed by atoms with Crippen LogP contribution >= 0.6 is 12.6 Å². The van der Waals surface area contributed by atoms with E-state index in [2.05, 4.69) is 22.8 Å². The summed E-state index contributed by atoms with van der Waals surface area (Å²) in [5.41, 5.74) is 1.47. The van der Waals surface area contributed by atoms with E-state index in [0.717, 1.165) is 0 Å². The third kappa shape index (κ3) is 2.55. The molecule has 0 bridgehead atoms. The topological polar surface area (TPSA) is 69.1 Å². The van der Waals surface area contributed by atoms with Gasteiger partial charge in [-0.15, -0.1) is 0 Å². The van der Waals surface area contributed by atoms with Crippen LogP contribution in [0.4, 0.5) is 4.39 Å². The van der Waals surface area contributed by atoms with E-state index in [-0.39, 0.29) is 11.6 Å². The maximum Gasteiger partial charge on any atom is 0.123 e. The van der Waals surface area contributed by atoms with E-state index in [1.54, 1.807) is 12.1 Å². The number of aliphatic hydroxyl groups is 2. The number of aliphatic hydroxyl groups excluding tert-OH is 2. The molecule has 0 radical (unpaired) electrons. The lowest BCUT2D eigenvalue weighted by molar-refractivity contribution is 0.0341. The number of halogens is 1. The molecule has 3 N–H and O–H groups in total. The number of thiol groups is 1. The highest BCUT2D eigenvalue weighted by molar-refractivity contribution is 7.80. The molecule has 0 amide bonds. The lowest BCUT2D eigenvalue weighted by Crippen LogP contribution is -2.19. The SMILES string of the molecule is OC(CS)C(O)c1cn[nH]c1-c1cccc(F)c1. The van der Waals surface area contributed by atoms with Gasteiger partial charge in [0, 0.05) is 16.9 Å². The molecular formula is C12H13FN2O2S. The molecule has 0 aliphatic heterocycles. The summed E-state index contributed by atoms with van der Waals surface area (Å²) in [6.45, 7) is 0. The van der Waals surface area contributed by atoms with Gasteiger partial charge in [0.25, 0.3) is 0 Å². The van der Waals surface area contributed by atoms with Gasteiger partial charge in [0.15, 0.2) is 0 Å². The smallest absolute Gasteiger partial charge is 0.123 e. The van der Waals surface area contributed by atoms with Gasteiger partial charge in [-0.05, 0) is 12.1 Å². The van der Waals surface area contributed by atoms with Gasteiger partial charge in [0.1, 0.15) is 11.9 Å². The Bertz CT molecular complexity index is 532. The fourth-order valence-corrected chi connectivity index (χ4v) is 1.90. The Morgan fingerprint density at radius 3 is 2.83 bits per heavy atom. The first kappa shape index (κ1) is 13.1. The van der Waals surface area contributed by atoms with Crippen molar-refractivity contribution >= 4 is 12.6 Å². The molecule has 18 heavy (non-hydrogen) atoms. The summed E-state index contributed by atoms with van der Waals surface area (Å²) in [7, 11) is 0. The zero-order valence-electron chi connectivity index (χ0n) is 9.42. The second kappa shape index (κ2) is 5.51. The summed E-state index contributed by atoms with van der Waals surface area (Å²) in [6, 6.07) is 5.92. The van der Waals surface area contributed by atoms with Gasteiger partial charge < -0.3 is 10.2 Å². The van der Waals surface area contributed by atoms with Crippen molar-refractivity contribution in [1.82, 2.24) is 10.2 Å². The number of rotatable bonds is 4. The van der Waals surface area contributed by atoms with Crippen LogP contribution in [0.5, 0.6) is 0 Å². The highest BCUT2D eigenvalue weighted by atomic mass is 32.1. The first-order valence-electron chi connectivity index (χ1n) is 5.39. The van der Waals surface area contributed by atoms with E-state index in [9.17, 15) is 14.6 Å². The Morgan fingerprint density at radius 1 is 1.39 bits per heavy atom. The number of nitrogens with zero attached hydrogens (tertiary/aromatic N) is 1. The average Bonchev–Trinajstić information content (AvgIpc) is 2.86. The first-order valence-corrected chi connectivity index (χ1v) is 6.03. The highest BCUT2D eigenvalue weighted by Gasteiger charge is 2.22. The number of hydrogen-bond acceptors (Lipinski definition) is 4. The molecule has 0 aliphatic rings. The third-order valence-electron chi connectivity index (χ3n) is 2.65. The minimum atomic E-state index is -1.11. The first-order chi connectivity index (χ1) is 8.63. The van der Waals surface area contributed by atoms with Crippen molar-refractivity contribution in [3.8, 4) is 11.3 Å². The Labute approximate surface area is 109 Å². The molecule has 96 valence electrons. The maximum absolute atomic E-state index is 13.2. The molecule has 2 rings (SSSR count). The number of aromatic amines is 1. The van der Waals surface area contributed by atoms with Crippen LogP contribution in [0.25, 0.3) is 11.3 Å².